The van der Waals surface area contributed by atoms with E-state index in [1.54, 1.807) is 24.3 Å². The molecule has 0 spiro atoms. The minimum Gasteiger partial charge on any atom is -0.325 e. The van der Waals surface area contributed by atoms with Crippen molar-refractivity contribution in [2.45, 2.75) is 48.3 Å². The molecule has 4 rings (SSSR count). The van der Waals surface area contributed by atoms with Crippen molar-refractivity contribution >= 4 is 33.0 Å². The molecule has 0 bridgehead atoms. The molecule has 8 heteroatoms. The van der Waals surface area contributed by atoms with Gasteiger partial charge in [0.15, 0.2) is 0 Å². The zero-order chi connectivity index (χ0) is 26.5. The van der Waals surface area contributed by atoms with Crippen LogP contribution < -0.4 is 16.0 Å². The zero-order valence-corrected chi connectivity index (χ0v) is 22.9. The first-order chi connectivity index (χ1) is 17.7. The number of hydrogen-bond donors (Lipinski definition) is 3. The average molecular weight is 540 g/mol. The second kappa shape index (κ2) is 11.8. The van der Waals surface area contributed by atoms with E-state index in [-0.39, 0.29) is 27.7 Å². The molecule has 3 aromatic carbocycles. The molecule has 1 heterocycles. The third kappa shape index (κ3) is 6.41. The molecule has 0 aromatic heterocycles. The van der Waals surface area contributed by atoms with E-state index in [1.165, 1.54) is 23.3 Å². The first-order valence-electron chi connectivity index (χ1n) is 12.7. The molecule has 1 amide bonds. The molecule has 1 aliphatic heterocycles. The van der Waals surface area contributed by atoms with Gasteiger partial charge < -0.3 is 16.0 Å². The number of aryl methyl sites for hydroxylation is 1. The molecule has 6 nitrogen and oxygen atoms in total. The summed E-state index contributed by atoms with van der Waals surface area (Å²) in [6.45, 7) is 6.91. The van der Waals surface area contributed by atoms with E-state index in [0.717, 1.165) is 50.1 Å². The number of likely N-dealkylation sites (N-methyl/N-ethyl adjacent to an activating group) is 1. The van der Waals surface area contributed by atoms with Crippen LogP contribution in [0.1, 0.15) is 36.5 Å². The molecule has 0 atom stereocenters. The summed E-state index contributed by atoms with van der Waals surface area (Å²) >= 11 is 5.93. The highest BCUT2D eigenvalue weighted by atomic mass is 35.5. The van der Waals surface area contributed by atoms with E-state index in [2.05, 4.69) is 35.0 Å². The maximum Gasteiger partial charge on any atom is 0.238 e. The van der Waals surface area contributed by atoms with Gasteiger partial charge in [-0.1, -0.05) is 36.7 Å². The molecule has 0 radical (unpaired) electrons. The molecule has 1 fully saturated rings. The molecular weight excluding hydrogens is 506 g/mol. The molecule has 37 heavy (non-hydrogen) atoms. The first kappa shape index (κ1) is 27.3. The summed E-state index contributed by atoms with van der Waals surface area (Å²) in [6.07, 6.45) is 2.69. The summed E-state index contributed by atoms with van der Waals surface area (Å²) in [5.74, 6) is -0.0616. The highest BCUT2D eigenvalue weighted by molar-refractivity contribution is 7.91. The molecule has 0 unspecified atom stereocenters. The van der Waals surface area contributed by atoms with Gasteiger partial charge in [-0.2, -0.15) is 0 Å². The van der Waals surface area contributed by atoms with Crippen molar-refractivity contribution < 1.29 is 13.2 Å². The fraction of sp³-hybridized carbons (Fsp3) is 0.345. The normalized spacial score (nSPS) is 15.3. The second-order valence-electron chi connectivity index (χ2n) is 9.67. The minimum atomic E-state index is -3.62. The molecule has 1 aliphatic rings. The van der Waals surface area contributed by atoms with Gasteiger partial charge in [0.25, 0.3) is 0 Å². The molecule has 196 valence electrons. The molecule has 3 N–H and O–H groups in total. The summed E-state index contributed by atoms with van der Waals surface area (Å²) < 4.78 is 26.2. The first-order valence-corrected chi connectivity index (χ1v) is 14.5. The Hall–Kier alpha value is -2.71. The van der Waals surface area contributed by atoms with E-state index in [0.29, 0.717) is 5.02 Å². The van der Waals surface area contributed by atoms with Crippen molar-refractivity contribution in [2.24, 2.45) is 0 Å². The van der Waals surface area contributed by atoms with Gasteiger partial charge in [0.2, 0.25) is 15.7 Å². The Morgan fingerprint density at radius 2 is 1.59 bits per heavy atom. The molecule has 1 saturated heterocycles. The van der Waals surface area contributed by atoms with Gasteiger partial charge in [0.05, 0.1) is 16.3 Å². The summed E-state index contributed by atoms with van der Waals surface area (Å²) in [5.41, 5.74) is 4.18. The number of anilines is 1. The lowest BCUT2D eigenvalue weighted by Gasteiger charge is -2.40. The van der Waals surface area contributed by atoms with Crippen molar-refractivity contribution in [3.8, 4) is 0 Å². The Labute approximate surface area is 224 Å². The Morgan fingerprint density at radius 3 is 2.22 bits per heavy atom. The molecule has 0 saturated carbocycles. The van der Waals surface area contributed by atoms with Crippen LogP contribution in [0, 0.1) is 6.92 Å². The predicted octanol–water partition coefficient (Wildman–Crippen LogP) is 4.89. The number of benzene rings is 3. The highest BCUT2D eigenvalue weighted by Gasteiger charge is 2.35. The van der Waals surface area contributed by atoms with Crippen LogP contribution in [0.5, 0.6) is 0 Å². The van der Waals surface area contributed by atoms with Gasteiger partial charge >= 0.3 is 0 Å². The standard InChI is InChI=1S/C29H34ClN3O3S/c1-3-31-20-28(34)33-24-9-4-21(2)27(18-24)29(14-16-32-17-15-29)19-22-5-10-25(11-6-22)37(35,36)26-12-7-23(30)8-13-26/h4-13,18,31-32H,3,14-17,19-20H2,1-2H3,(H,33,34). The van der Waals surface area contributed by atoms with Crippen LogP contribution in [-0.4, -0.2) is 40.5 Å². The Bertz CT molecular complexity index is 1330. The number of amides is 1. The Balaban J connectivity index is 1.61. The number of carbonyl (C=O) groups excluding carboxylic acids is 1. The third-order valence-electron chi connectivity index (χ3n) is 7.09. The van der Waals surface area contributed by atoms with E-state index in [4.69, 9.17) is 11.6 Å². The van der Waals surface area contributed by atoms with E-state index >= 15 is 0 Å². The van der Waals surface area contributed by atoms with Crippen LogP contribution in [-0.2, 0) is 26.5 Å². The van der Waals surface area contributed by atoms with Crippen molar-refractivity contribution in [1.82, 2.24) is 10.6 Å². The van der Waals surface area contributed by atoms with E-state index in [1.807, 2.05) is 25.1 Å². The van der Waals surface area contributed by atoms with Crippen LogP contribution in [0.25, 0.3) is 0 Å². The Morgan fingerprint density at radius 1 is 0.973 bits per heavy atom. The largest absolute Gasteiger partial charge is 0.325 e. The smallest absolute Gasteiger partial charge is 0.238 e. The topological polar surface area (TPSA) is 87.3 Å². The minimum absolute atomic E-state index is 0.0616. The summed E-state index contributed by atoms with van der Waals surface area (Å²) in [7, 11) is -3.62. The quantitative estimate of drug-likeness (QED) is 0.360. The second-order valence-corrected chi connectivity index (χ2v) is 12.1. The van der Waals surface area contributed by atoms with Gasteiger partial charge in [-0.15, -0.1) is 0 Å². The van der Waals surface area contributed by atoms with Gasteiger partial charge in [-0.3, -0.25) is 4.79 Å². The van der Waals surface area contributed by atoms with Gasteiger partial charge in [0, 0.05) is 16.1 Å². The van der Waals surface area contributed by atoms with Gasteiger partial charge in [0.1, 0.15) is 0 Å². The number of piperidine rings is 1. The van der Waals surface area contributed by atoms with Crippen molar-refractivity contribution in [3.63, 3.8) is 0 Å². The lowest BCUT2D eigenvalue weighted by molar-refractivity contribution is -0.115. The monoisotopic (exact) mass is 539 g/mol. The van der Waals surface area contributed by atoms with Crippen molar-refractivity contribution in [3.05, 3.63) is 88.4 Å². The number of rotatable bonds is 9. The Kier molecular flexibility index (Phi) is 8.70. The van der Waals surface area contributed by atoms with Crippen LogP contribution in [0.3, 0.4) is 0 Å². The summed E-state index contributed by atoms with van der Waals surface area (Å²) in [6, 6.07) is 19.6. The fourth-order valence-corrected chi connectivity index (χ4v) is 6.48. The lowest BCUT2D eigenvalue weighted by Crippen LogP contribution is -2.42. The number of sulfone groups is 1. The van der Waals surface area contributed by atoms with Crippen molar-refractivity contribution in [1.29, 1.82) is 0 Å². The third-order valence-corrected chi connectivity index (χ3v) is 9.13. The molecular formula is C29H34ClN3O3S. The summed E-state index contributed by atoms with van der Waals surface area (Å²) in [5, 5.41) is 10.0. The maximum atomic E-state index is 13.1. The zero-order valence-electron chi connectivity index (χ0n) is 21.3. The van der Waals surface area contributed by atoms with Crippen LogP contribution in [0.15, 0.2) is 76.5 Å². The van der Waals surface area contributed by atoms with Gasteiger partial charge in [-0.25, -0.2) is 8.42 Å². The van der Waals surface area contributed by atoms with Crippen molar-refractivity contribution in [2.75, 3.05) is 31.5 Å². The van der Waals surface area contributed by atoms with Gasteiger partial charge in [-0.05, 0) is 111 Å². The molecule has 3 aromatic rings. The fourth-order valence-electron chi connectivity index (χ4n) is 5.09. The van der Waals surface area contributed by atoms with Crippen LogP contribution in [0.2, 0.25) is 5.02 Å². The SMILES string of the molecule is CCNCC(=O)Nc1ccc(C)c(C2(Cc3ccc(S(=O)(=O)c4ccc(Cl)cc4)cc3)CCNCC2)c1. The number of halogens is 1. The maximum absolute atomic E-state index is 13.1. The number of hydrogen-bond acceptors (Lipinski definition) is 5. The van der Waals surface area contributed by atoms with Crippen LogP contribution >= 0.6 is 11.6 Å². The molecule has 0 aliphatic carbocycles. The predicted molar refractivity (Wildman–Crippen MR) is 149 cm³/mol. The highest BCUT2D eigenvalue weighted by Crippen LogP contribution is 2.40. The summed E-state index contributed by atoms with van der Waals surface area (Å²) in [4.78, 5) is 12.8. The average Bonchev–Trinajstić information content (AvgIpc) is 2.89. The van der Waals surface area contributed by atoms with E-state index in [9.17, 15) is 13.2 Å². The van der Waals surface area contributed by atoms with Crippen LogP contribution in [0.4, 0.5) is 5.69 Å². The van der Waals surface area contributed by atoms with E-state index < -0.39 is 9.84 Å². The number of nitrogens with one attached hydrogen (secondary N) is 3. The number of carbonyl (C=O) groups is 1. The lowest BCUT2D eigenvalue weighted by atomic mass is 9.68.